The van der Waals surface area contributed by atoms with Crippen LogP contribution in [0.3, 0.4) is 0 Å². The first-order valence-electron chi connectivity index (χ1n) is 7.00. The second-order valence-corrected chi connectivity index (χ2v) is 5.85. The molecule has 19 heavy (non-hydrogen) atoms. The molecule has 106 valence electrons. The fourth-order valence-corrected chi connectivity index (χ4v) is 3.23. The van der Waals surface area contributed by atoms with Crippen molar-refractivity contribution in [3.8, 4) is 0 Å². The largest absolute Gasteiger partial charge is 0.373 e. The Labute approximate surface area is 125 Å². The van der Waals surface area contributed by atoms with Crippen LogP contribution in [0.5, 0.6) is 0 Å². The summed E-state index contributed by atoms with van der Waals surface area (Å²) in [6.07, 6.45) is 3.42. The average molecular weight is 302 g/mol. The molecule has 1 aliphatic heterocycles. The first kappa shape index (κ1) is 15.1. The number of nitrogens with one attached hydrogen (secondary N) is 1. The molecule has 1 aromatic carbocycles. The lowest BCUT2D eigenvalue weighted by atomic mass is 9.89. The minimum absolute atomic E-state index is 0.0132. The van der Waals surface area contributed by atoms with Crippen molar-refractivity contribution in [2.75, 3.05) is 19.7 Å². The Morgan fingerprint density at radius 2 is 2.05 bits per heavy atom. The molecular formula is C15H21Cl2NO. The van der Waals surface area contributed by atoms with E-state index >= 15 is 0 Å². The number of benzene rings is 1. The molecule has 1 heterocycles. The Morgan fingerprint density at radius 1 is 1.32 bits per heavy atom. The van der Waals surface area contributed by atoms with Gasteiger partial charge in [0, 0.05) is 34.7 Å². The third kappa shape index (κ3) is 3.85. The van der Waals surface area contributed by atoms with Crippen molar-refractivity contribution in [3.05, 3.63) is 33.8 Å². The molecule has 2 rings (SSSR count). The van der Waals surface area contributed by atoms with E-state index in [1.54, 1.807) is 0 Å². The maximum atomic E-state index is 6.30. The van der Waals surface area contributed by atoms with Crippen LogP contribution in [-0.2, 0) is 4.74 Å². The van der Waals surface area contributed by atoms with Crippen LogP contribution in [0.25, 0.3) is 0 Å². The fourth-order valence-electron chi connectivity index (χ4n) is 2.62. The van der Waals surface area contributed by atoms with Crippen LogP contribution < -0.4 is 5.32 Å². The summed E-state index contributed by atoms with van der Waals surface area (Å²) < 4.78 is 5.96. The predicted molar refractivity (Wildman–Crippen MR) is 81.0 cm³/mol. The molecular weight excluding hydrogens is 281 g/mol. The SMILES string of the molecule is CCCNCC1CCCOC1c1c(Cl)cccc1Cl. The molecule has 2 unspecified atom stereocenters. The van der Waals surface area contributed by atoms with E-state index in [2.05, 4.69) is 12.2 Å². The van der Waals surface area contributed by atoms with Gasteiger partial charge in [-0.2, -0.15) is 0 Å². The molecule has 0 radical (unpaired) electrons. The summed E-state index contributed by atoms with van der Waals surface area (Å²) in [6, 6.07) is 5.65. The van der Waals surface area contributed by atoms with Crippen molar-refractivity contribution in [3.63, 3.8) is 0 Å². The highest BCUT2D eigenvalue weighted by atomic mass is 35.5. The van der Waals surface area contributed by atoms with Gasteiger partial charge >= 0.3 is 0 Å². The quantitative estimate of drug-likeness (QED) is 0.811. The van der Waals surface area contributed by atoms with Crippen molar-refractivity contribution >= 4 is 23.2 Å². The molecule has 4 heteroatoms. The van der Waals surface area contributed by atoms with Crippen molar-refractivity contribution in [1.29, 1.82) is 0 Å². The van der Waals surface area contributed by atoms with Gasteiger partial charge in [-0.25, -0.2) is 0 Å². The molecule has 0 saturated carbocycles. The Bertz CT molecular complexity index is 391. The highest BCUT2D eigenvalue weighted by Gasteiger charge is 2.30. The van der Waals surface area contributed by atoms with Gasteiger partial charge in [-0.05, 0) is 37.9 Å². The van der Waals surface area contributed by atoms with E-state index in [4.69, 9.17) is 27.9 Å². The molecule has 0 aliphatic carbocycles. The number of ether oxygens (including phenoxy) is 1. The molecule has 2 nitrogen and oxygen atoms in total. The van der Waals surface area contributed by atoms with Crippen molar-refractivity contribution in [1.82, 2.24) is 5.32 Å². The number of hydrogen-bond donors (Lipinski definition) is 1. The van der Waals surface area contributed by atoms with E-state index in [-0.39, 0.29) is 6.10 Å². The number of halogens is 2. The Morgan fingerprint density at radius 3 is 2.74 bits per heavy atom. The third-order valence-corrected chi connectivity index (χ3v) is 4.22. The van der Waals surface area contributed by atoms with Gasteiger partial charge in [-0.15, -0.1) is 0 Å². The van der Waals surface area contributed by atoms with Gasteiger partial charge in [-0.3, -0.25) is 0 Å². The van der Waals surface area contributed by atoms with Crippen LogP contribution in [0.4, 0.5) is 0 Å². The summed E-state index contributed by atoms with van der Waals surface area (Å²) in [7, 11) is 0. The first-order valence-corrected chi connectivity index (χ1v) is 7.76. The van der Waals surface area contributed by atoms with Crippen LogP contribution in [0.1, 0.15) is 37.9 Å². The molecule has 2 atom stereocenters. The monoisotopic (exact) mass is 301 g/mol. The predicted octanol–water partition coefficient (Wildman–Crippen LogP) is 4.46. The van der Waals surface area contributed by atoms with Crippen LogP contribution in [0.15, 0.2) is 18.2 Å². The summed E-state index contributed by atoms with van der Waals surface area (Å²) >= 11 is 12.6. The Kier molecular flexibility index (Phi) is 5.96. The molecule has 1 saturated heterocycles. The summed E-state index contributed by atoms with van der Waals surface area (Å²) in [5.41, 5.74) is 0.953. The molecule has 0 spiro atoms. The number of rotatable bonds is 5. The lowest BCUT2D eigenvalue weighted by Crippen LogP contribution is -2.32. The highest BCUT2D eigenvalue weighted by molar-refractivity contribution is 6.36. The summed E-state index contributed by atoms with van der Waals surface area (Å²) in [5, 5.41) is 4.89. The number of hydrogen-bond acceptors (Lipinski definition) is 2. The maximum Gasteiger partial charge on any atom is 0.0894 e. The minimum Gasteiger partial charge on any atom is -0.373 e. The van der Waals surface area contributed by atoms with Crippen LogP contribution in [-0.4, -0.2) is 19.7 Å². The minimum atomic E-state index is 0.0132. The van der Waals surface area contributed by atoms with Gasteiger partial charge in [-0.1, -0.05) is 36.2 Å². The Balaban J connectivity index is 2.14. The van der Waals surface area contributed by atoms with Crippen molar-refractivity contribution in [2.45, 2.75) is 32.3 Å². The highest BCUT2D eigenvalue weighted by Crippen LogP contribution is 2.40. The lowest BCUT2D eigenvalue weighted by molar-refractivity contribution is -0.0275. The lowest BCUT2D eigenvalue weighted by Gasteiger charge is -2.33. The van der Waals surface area contributed by atoms with Crippen LogP contribution in [0, 0.1) is 5.92 Å². The van der Waals surface area contributed by atoms with Gasteiger partial charge in [0.05, 0.1) is 6.10 Å². The maximum absolute atomic E-state index is 6.30. The molecule has 1 N–H and O–H groups in total. The molecule has 0 amide bonds. The standard InChI is InChI=1S/C15H21Cl2NO/c1-2-8-18-10-11-5-4-9-19-15(11)14-12(16)6-3-7-13(14)17/h3,6-7,11,15,18H,2,4-5,8-10H2,1H3. The smallest absolute Gasteiger partial charge is 0.0894 e. The summed E-state index contributed by atoms with van der Waals surface area (Å²) in [5.74, 6) is 0.442. The van der Waals surface area contributed by atoms with Gasteiger partial charge < -0.3 is 10.1 Å². The Hall–Kier alpha value is -0.280. The zero-order chi connectivity index (χ0) is 13.7. The molecule has 1 aliphatic rings. The van der Waals surface area contributed by atoms with Gasteiger partial charge in [0.1, 0.15) is 0 Å². The normalized spacial score (nSPS) is 23.5. The molecule has 0 bridgehead atoms. The van der Waals surface area contributed by atoms with E-state index in [9.17, 15) is 0 Å². The van der Waals surface area contributed by atoms with Crippen LogP contribution in [0.2, 0.25) is 10.0 Å². The topological polar surface area (TPSA) is 21.3 Å². The molecule has 0 aromatic heterocycles. The van der Waals surface area contributed by atoms with E-state index < -0.39 is 0 Å². The second kappa shape index (κ2) is 7.49. The summed E-state index contributed by atoms with van der Waals surface area (Å²) in [4.78, 5) is 0. The fraction of sp³-hybridized carbons (Fsp3) is 0.600. The van der Waals surface area contributed by atoms with Gasteiger partial charge in [0.25, 0.3) is 0 Å². The second-order valence-electron chi connectivity index (χ2n) is 5.03. The third-order valence-electron chi connectivity index (χ3n) is 3.56. The van der Waals surface area contributed by atoms with E-state index in [0.717, 1.165) is 44.5 Å². The van der Waals surface area contributed by atoms with Crippen molar-refractivity contribution < 1.29 is 4.74 Å². The molecule has 1 fully saturated rings. The molecule has 1 aromatic rings. The zero-order valence-electron chi connectivity index (χ0n) is 11.3. The van der Waals surface area contributed by atoms with Gasteiger partial charge in [0.15, 0.2) is 0 Å². The van der Waals surface area contributed by atoms with Crippen molar-refractivity contribution in [2.24, 2.45) is 5.92 Å². The first-order chi connectivity index (χ1) is 9.24. The van der Waals surface area contributed by atoms with E-state index in [0.29, 0.717) is 16.0 Å². The van der Waals surface area contributed by atoms with Gasteiger partial charge in [0.2, 0.25) is 0 Å². The summed E-state index contributed by atoms with van der Waals surface area (Å²) in [6.45, 7) is 4.96. The average Bonchev–Trinajstić information content (AvgIpc) is 2.40. The van der Waals surface area contributed by atoms with Crippen LogP contribution >= 0.6 is 23.2 Å². The zero-order valence-corrected chi connectivity index (χ0v) is 12.8. The van der Waals surface area contributed by atoms with E-state index in [1.807, 2.05) is 18.2 Å². The van der Waals surface area contributed by atoms with E-state index in [1.165, 1.54) is 0 Å².